The van der Waals surface area contributed by atoms with Crippen LogP contribution in [0.25, 0.3) is 11.3 Å². The number of nitrogen functional groups attached to an aromatic ring is 1. The van der Waals surface area contributed by atoms with Gasteiger partial charge in [-0.15, -0.1) is 11.3 Å². The van der Waals surface area contributed by atoms with Crippen LogP contribution in [0.2, 0.25) is 5.02 Å². The van der Waals surface area contributed by atoms with E-state index in [0.717, 1.165) is 31.9 Å². The van der Waals surface area contributed by atoms with Gasteiger partial charge in [0.15, 0.2) is 0 Å². The molecule has 0 bridgehead atoms. The zero-order valence-electron chi connectivity index (χ0n) is 10.1. The number of halogens is 1. The van der Waals surface area contributed by atoms with Crippen molar-refractivity contribution in [2.45, 2.75) is 26.7 Å². The first-order valence-electron chi connectivity index (χ1n) is 5.51. The number of anilines is 1. The van der Waals surface area contributed by atoms with Gasteiger partial charge in [0.1, 0.15) is 10.7 Å². The molecule has 2 N–H and O–H groups in total. The van der Waals surface area contributed by atoms with Gasteiger partial charge in [-0.05, 0) is 18.6 Å². The lowest BCUT2D eigenvalue weighted by Crippen LogP contribution is -1.88. The van der Waals surface area contributed by atoms with Crippen LogP contribution in [0.4, 0.5) is 5.00 Å². The minimum atomic E-state index is 0.400. The van der Waals surface area contributed by atoms with Crippen LogP contribution in [0.3, 0.4) is 0 Å². The Balaban J connectivity index is 2.49. The lowest BCUT2D eigenvalue weighted by atomic mass is 10.1. The topological polar surface area (TPSA) is 38.9 Å². The molecule has 0 radical (unpaired) electrons. The Labute approximate surface area is 110 Å². The largest absolute Gasteiger partial charge is 0.389 e. The number of aryl methyl sites for hydroxylation is 1. The van der Waals surface area contributed by atoms with Gasteiger partial charge < -0.3 is 5.73 Å². The van der Waals surface area contributed by atoms with Crippen LogP contribution in [0.1, 0.15) is 30.3 Å². The molecular weight excluding hydrogens is 252 g/mol. The number of rotatable bonds is 2. The van der Waals surface area contributed by atoms with Crippen LogP contribution in [-0.2, 0) is 0 Å². The van der Waals surface area contributed by atoms with Gasteiger partial charge in [0.2, 0.25) is 0 Å². The van der Waals surface area contributed by atoms with Crippen LogP contribution < -0.4 is 5.73 Å². The van der Waals surface area contributed by atoms with Crippen LogP contribution in [0, 0.1) is 6.92 Å². The molecule has 2 nitrogen and oxygen atoms in total. The molecular formula is C13H15ClN2S. The van der Waals surface area contributed by atoms with Crippen molar-refractivity contribution in [1.29, 1.82) is 0 Å². The molecule has 4 heteroatoms. The molecule has 0 aliphatic rings. The molecule has 0 amide bonds. The number of nitrogens with two attached hydrogens (primary N) is 1. The van der Waals surface area contributed by atoms with Gasteiger partial charge in [-0.1, -0.05) is 37.6 Å². The van der Waals surface area contributed by atoms with Crippen molar-refractivity contribution >= 4 is 27.9 Å². The molecule has 0 aliphatic carbocycles. The van der Waals surface area contributed by atoms with E-state index in [9.17, 15) is 0 Å². The van der Waals surface area contributed by atoms with E-state index >= 15 is 0 Å². The van der Waals surface area contributed by atoms with Crippen LogP contribution in [0.15, 0.2) is 18.2 Å². The molecule has 0 unspecified atom stereocenters. The van der Waals surface area contributed by atoms with E-state index in [1.807, 2.05) is 25.1 Å². The monoisotopic (exact) mass is 266 g/mol. The van der Waals surface area contributed by atoms with E-state index in [0.29, 0.717) is 5.92 Å². The van der Waals surface area contributed by atoms with E-state index < -0.39 is 0 Å². The first kappa shape index (κ1) is 12.4. The highest BCUT2D eigenvalue weighted by atomic mass is 35.5. The number of thiazole rings is 1. The summed E-state index contributed by atoms with van der Waals surface area (Å²) < 4.78 is 0. The maximum Gasteiger partial charge on any atom is 0.114 e. The standard InChI is InChI=1S/C13H15ClN2S/c1-7(2)13-16-11(12(15)17-13)9-5-4-8(3)10(14)6-9/h4-7H,15H2,1-3H3. The van der Waals surface area contributed by atoms with E-state index in [1.54, 1.807) is 11.3 Å². The number of benzene rings is 1. The SMILES string of the molecule is Cc1ccc(-c2nc(C(C)C)sc2N)cc1Cl. The highest BCUT2D eigenvalue weighted by molar-refractivity contribution is 7.16. The Morgan fingerprint density at radius 3 is 2.59 bits per heavy atom. The second kappa shape index (κ2) is 4.67. The lowest BCUT2D eigenvalue weighted by molar-refractivity contribution is 0.854. The summed E-state index contributed by atoms with van der Waals surface area (Å²) in [5.41, 5.74) is 8.91. The average Bonchev–Trinajstić information content (AvgIpc) is 2.65. The molecule has 2 aromatic rings. The van der Waals surface area contributed by atoms with E-state index in [2.05, 4.69) is 18.8 Å². The van der Waals surface area contributed by atoms with Crippen molar-refractivity contribution in [3.05, 3.63) is 33.8 Å². The summed E-state index contributed by atoms with van der Waals surface area (Å²) in [5, 5.41) is 2.57. The second-order valence-corrected chi connectivity index (χ2v) is 5.85. The summed E-state index contributed by atoms with van der Waals surface area (Å²) in [6.45, 7) is 6.21. The molecule has 2 rings (SSSR count). The van der Waals surface area contributed by atoms with Gasteiger partial charge in [-0.25, -0.2) is 4.98 Å². The number of hydrogen-bond donors (Lipinski definition) is 1. The van der Waals surface area contributed by atoms with Gasteiger partial charge >= 0.3 is 0 Å². The maximum atomic E-state index is 6.12. The minimum absolute atomic E-state index is 0.400. The summed E-state index contributed by atoms with van der Waals surface area (Å²) in [5.74, 6) is 0.400. The molecule has 17 heavy (non-hydrogen) atoms. The van der Waals surface area contributed by atoms with Crippen molar-refractivity contribution in [3.8, 4) is 11.3 Å². The van der Waals surface area contributed by atoms with Crippen molar-refractivity contribution in [3.63, 3.8) is 0 Å². The van der Waals surface area contributed by atoms with Crippen molar-refractivity contribution in [2.75, 3.05) is 5.73 Å². The van der Waals surface area contributed by atoms with E-state index in [4.69, 9.17) is 17.3 Å². The molecule has 0 saturated carbocycles. The Kier molecular flexibility index (Phi) is 3.40. The molecule has 0 saturated heterocycles. The van der Waals surface area contributed by atoms with Gasteiger partial charge in [0.25, 0.3) is 0 Å². The third-order valence-corrected chi connectivity index (χ3v) is 4.20. The Morgan fingerprint density at radius 2 is 2.06 bits per heavy atom. The molecule has 1 heterocycles. The average molecular weight is 267 g/mol. The number of aromatic nitrogens is 1. The Bertz CT molecular complexity index is 546. The van der Waals surface area contributed by atoms with Gasteiger partial charge in [-0.3, -0.25) is 0 Å². The molecule has 1 aromatic heterocycles. The summed E-state index contributed by atoms with van der Waals surface area (Å²) in [6.07, 6.45) is 0. The summed E-state index contributed by atoms with van der Waals surface area (Å²) in [4.78, 5) is 4.59. The molecule has 1 aromatic carbocycles. The van der Waals surface area contributed by atoms with Gasteiger partial charge in [0, 0.05) is 16.5 Å². The van der Waals surface area contributed by atoms with Gasteiger partial charge in [-0.2, -0.15) is 0 Å². The molecule has 0 fully saturated rings. The number of nitrogens with zero attached hydrogens (tertiary/aromatic N) is 1. The predicted octanol–water partition coefficient (Wildman–Crippen LogP) is 4.48. The first-order chi connectivity index (χ1) is 7.99. The zero-order valence-corrected chi connectivity index (χ0v) is 11.7. The minimum Gasteiger partial charge on any atom is -0.389 e. The fourth-order valence-corrected chi connectivity index (χ4v) is 2.58. The summed E-state index contributed by atoms with van der Waals surface area (Å²) in [6, 6.07) is 5.93. The molecule has 90 valence electrons. The third kappa shape index (κ3) is 2.45. The molecule has 0 atom stereocenters. The number of hydrogen-bond acceptors (Lipinski definition) is 3. The smallest absolute Gasteiger partial charge is 0.114 e. The normalized spacial score (nSPS) is 11.1. The summed E-state index contributed by atoms with van der Waals surface area (Å²) >= 11 is 7.67. The van der Waals surface area contributed by atoms with Crippen LogP contribution in [-0.4, -0.2) is 4.98 Å². The second-order valence-electron chi connectivity index (χ2n) is 4.38. The quantitative estimate of drug-likeness (QED) is 0.871. The van der Waals surface area contributed by atoms with E-state index in [-0.39, 0.29) is 0 Å². The fourth-order valence-electron chi connectivity index (χ4n) is 1.54. The summed E-state index contributed by atoms with van der Waals surface area (Å²) in [7, 11) is 0. The van der Waals surface area contributed by atoms with Crippen molar-refractivity contribution in [2.24, 2.45) is 0 Å². The van der Waals surface area contributed by atoms with Crippen LogP contribution in [0.5, 0.6) is 0 Å². The predicted molar refractivity (Wildman–Crippen MR) is 75.8 cm³/mol. The maximum absolute atomic E-state index is 6.12. The Morgan fingerprint density at radius 1 is 1.35 bits per heavy atom. The first-order valence-corrected chi connectivity index (χ1v) is 6.71. The van der Waals surface area contributed by atoms with Crippen molar-refractivity contribution in [1.82, 2.24) is 4.98 Å². The molecule has 0 spiro atoms. The van der Waals surface area contributed by atoms with Gasteiger partial charge in [0.05, 0.1) is 5.01 Å². The zero-order chi connectivity index (χ0) is 12.6. The molecule has 0 aliphatic heterocycles. The van der Waals surface area contributed by atoms with E-state index in [1.165, 1.54) is 0 Å². The van der Waals surface area contributed by atoms with Crippen molar-refractivity contribution < 1.29 is 0 Å². The van der Waals surface area contributed by atoms with Crippen LogP contribution >= 0.6 is 22.9 Å². The highest BCUT2D eigenvalue weighted by Gasteiger charge is 2.13. The lowest BCUT2D eigenvalue weighted by Gasteiger charge is -2.02. The Hall–Kier alpha value is -1.06. The highest BCUT2D eigenvalue weighted by Crippen LogP contribution is 2.35. The fraction of sp³-hybridized carbons (Fsp3) is 0.308. The third-order valence-electron chi connectivity index (χ3n) is 2.61.